The van der Waals surface area contributed by atoms with Crippen LogP contribution in [-0.2, 0) is 21.0 Å². The molecule has 0 aliphatic heterocycles. The SMILES string of the molecule is CCCCCC(CN(C=O)OCc1ccccc1)C(=O)NCNC(=O)c1ccc(-c2ccccc2O)o1. The summed E-state index contributed by atoms with van der Waals surface area (Å²) in [5, 5.41) is 16.4. The molecule has 1 heterocycles. The molecule has 0 saturated carbocycles. The third-order valence-electron chi connectivity index (χ3n) is 5.80. The number of nitrogens with zero attached hydrogens (tertiary/aromatic N) is 1. The molecule has 9 heteroatoms. The van der Waals surface area contributed by atoms with Crippen LogP contribution in [0, 0.1) is 5.92 Å². The topological polar surface area (TPSA) is 121 Å². The van der Waals surface area contributed by atoms with Gasteiger partial charge in [0, 0.05) is 0 Å². The smallest absolute Gasteiger partial charge is 0.288 e. The lowest BCUT2D eigenvalue weighted by atomic mass is 10.0. The molecule has 9 nitrogen and oxygen atoms in total. The highest BCUT2D eigenvalue weighted by Gasteiger charge is 2.22. The Morgan fingerprint density at radius 1 is 1.03 bits per heavy atom. The second kappa shape index (κ2) is 14.4. The van der Waals surface area contributed by atoms with E-state index in [1.165, 1.54) is 12.1 Å². The summed E-state index contributed by atoms with van der Waals surface area (Å²) in [4.78, 5) is 42.6. The van der Waals surface area contributed by atoms with Gasteiger partial charge >= 0.3 is 0 Å². The molecule has 2 aromatic carbocycles. The highest BCUT2D eigenvalue weighted by atomic mass is 16.7. The zero-order chi connectivity index (χ0) is 26.5. The van der Waals surface area contributed by atoms with E-state index in [0.717, 1.165) is 29.9 Å². The van der Waals surface area contributed by atoms with Crippen LogP contribution in [-0.4, -0.2) is 41.6 Å². The normalized spacial score (nSPS) is 11.5. The van der Waals surface area contributed by atoms with E-state index in [2.05, 4.69) is 17.6 Å². The maximum Gasteiger partial charge on any atom is 0.288 e. The number of hydroxylamine groups is 2. The second-order valence-corrected chi connectivity index (χ2v) is 8.56. The van der Waals surface area contributed by atoms with E-state index in [1.54, 1.807) is 24.3 Å². The summed E-state index contributed by atoms with van der Waals surface area (Å²) in [6.45, 7) is 2.28. The van der Waals surface area contributed by atoms with Gasteiger partial charge in [-0.25, -0.2) is 5.06 Å². The second-order valence-electron chi connectivity index (χ2n) is 8.56. The van der Waals surface area contributed by atoms with E-state index in [1.807, 2.05) is 30.3 Å². The van der Waals surface area contributed by atoms with Gasteiger partial charge in [-0.1, -0.05) is 68.7 Å². The Balaban J connectivity index is 1.52. The van der Waals surface area contributed by atoms with Crippen molar-refractivity contribution in [3.8, 4) is 17.1 Å². The standard InChI is InChI=1S/C28H33N3O6/c1-2-3-5-12-22(17-31(20-32)36-18-21-10-6-4-7-11-21)27(34)29-19-30-28(35)26-16-15-25(37-26)23-13-8-9-14-24(23)33/h4,6-11,13-16,20,22,33H,2-3,5,12,17-19H2,1H3,(H,29,34)(H,30,35). The van der Waals surface area contributed by atoms with Gasteiger partial charge < -0.3 is 20.2 Å². The van der Waals surface area contributed by atoms with Crippen molar-refractivity contribution in [3.05, 3.63) is 78.1 Å². The minimum absolute atomic E-state index is 0.0438. The number of para-hydroxylation sites is 1. The zero-order valence-electron chi connectivity index (χ0n) is 20.9. The Bertz CT molecular complexity index is 1150. The largest absolute Gasteiger partial charge is 0.507 e. The van der Waals surface area contributed by atoms with Crippen LogP contribution >= 0.6 is 0 Å². The molecular weight excluding hydrogens is 474 g/mol. The fourth-order valence-corrected chi connectivity index (χ4v) is 3.75. The molecule has 0 fully saturated rings. The predicted octanol–water partition coefficient (Wildman–Crippen LogP) is 4.24. The zero-order valence-corrected chi connectivity index (χ0v) is 20.9. The van der Waals surface area contributed by atoms with Crippen LogP contribution < -0.4 is 10.6 Å². The number of hydrogen-bond acceptors (Lipinski definition) is 6. The first-order valence-electron chi connectivity index (χ1n) is 12.3. The molecule has 0 bridgehead atoms. The summed E-state index contributed by atoms with van der Waals surface area (Å²) in [5.74, 6) is -0.852. The third-order valence-corrected chi connectivity index (χ3v) is 5.80. The van der Waals surface area contributed by atoms with E-state index in [4.69, 9.17) is 9.25 Å². The van der Waals surface area contributed by atoms with Crippen molar-refractivity contribution in [1.82, 2.24) is 15.7 Å². The van der Waals surface area contributed by atoms with Crippen LogP contribution in [0.15, 0.2) is 71.1 Å². The maximum absolute atomic E-state index is 12.9. The predicted molar refractivity (Wildman–Crippen MR) is 138 cm³/mol. The van der Waals surface area contributed by atoms with Gasteiger partial charge in [0.05, 0.1) is 24.7 Å². The van der Waals surface area contributed by atoms with E-state index in [0.29, 0.717) is 24.2 Å². The van der Waals surface area contributed by atoms with Crippen LogP contribution in [0.1, 0.15) is 48.7 Å². The van der Waals surface area contributed by atoms with Crippen LogP contribution in [0.25, 0.3) is 11.3 Å². The van der Waals surface area contributed by atoms with Gasteiger partial charge in [-0.2, -0.15) is 0 Å². The Hall–Kier alpha value is -4.11. The van der Waals surface area contributed by atoms with Crippen molar-refractivity contribution >= 4 is 18.2 Å². The summed E-state index contributed by atoms with van der Waals surface area (Å²) >= 11 is 0. The lowest BCUT2D eigenvalue weighted by molar-refractivity contribution is -0.182. The molecule has 3 aromatic rings. The highest BCUT2D eigenvalue weighted by molar-refractivity contribution is 5.92. The number of carbonyl (C=O) groups is 3. The van der Waals surface area contributed by atoms with Crippen molar-refractivity contribution in [2.45, 2.75) is 39.2 Å². The van der Waals surface area contributed by atoms with Crippen LogP contribution in [0.2, 0.25) is 0 Å². The summed E-state index contributed by atoms with van der Waals surface area (Å²) in [7, 11) is 0. The van der Waals surface area contributed by atoms with Crippen LogP contribution in [0.4, 0.5) is 0 Å². The summed E-state index contributed by atoms with van der Waals surface area (Å²) in [6.07, 6.45) is 3.94. The van der Waals surface area contributed by atoms with Crippen molar-refractivity contribution in [3.63, 3.8) is 0 Å². The summed E-state index contributed by atoms with van der Waals surface area (Å²) in [6, 6.07) is 19.2. The average Bonchev–Trinajstić information content (AvgIpc) is 3.41. The fraction of sp³-hybridized carbons (Fsp3) is 0.321. The number of unbranched alkanes of at least 4 members (excludes halogenated alkanes) is 2. The first kappa shape index (κ1) is 27.5. The highest BCUT2D eigenvalue weighted by Crippen LogP contribution is 2.29. The number of amides is 3. The van der Waals surface area contributed by atoms with Crippen LogP contribution in [0.3, 0.4) is 0 Å². The van der Waals surface area contributed by atoms with Crippen molar-refractivity contribution in [2.75, 3.05) is 13.2 Å². The van der Waals surface area contributed by atoms with Gasteiger partial charge in [0.15, 0.2) is 5.76 Å². The molecule has 1 atom stereocenters. The fourth-order valence-electron chi connectivity index (χ4n) is 3.75. The van der Waals surface area contributed by atoms with Gasteiger partial charge in [0.2, 0.25) is 12.3 Å². The number of aromatic hydroxyl groups is 1. The first-order chi connectivity index (χ1) is 18.0. The molecule has 3 N–H and O–H groups in total. The number of phenols is 1. The van der Waals surface area contributed by atoms with E-state index >= 15 is 0 Å². The number of furan rings is 1. The number of hydrogen-bond donors (Lipinski definition) is 3. The van der Waals surface area contributed by atoms with Crippen molar-refractivity contribution in [1.29, 1.82) is 0 Å². The Labute approximate surface area is 216 Å². The summed E-state index contributed by atoms with van der Waals surface area (Å²) < 4.78 is 5.57. The number of rotatable bonds is 15. The molecular formula is C28H33N3O6. The van der Waals surface area contributed by atoms with E-state index in [-0.39, 0.29) is 37.2 Å². The van der Waals surface area contributed by atoms with E-state index < -0.39 is 11.8 Å². The van der Waals surface area contributed by atoms with Crippen LogP contribution in [0.5, 0.6) is 5.75 Å². The number of benzene rings is 2. The number of nitrogens with one attached hydrogen (secondary N) is 2. The molecule has 1 unspecified atom stereocenters. The third kappa shape index (κ3) is 8.50. The molecule has 0 saturated heterocycles. The van der Waals surface area contributed by atoms with Gasteiger partial charge in [0.1, 0.15) is 18.1 Å². The lowest BCUT2D eigenvalue weighted by Crippen LogP contribution is -2.43. The molecule has 0 aliphatic carbocycles. The monoisotopic (exact) mass is 507 g/mol. The van der Waals surface area contributed by atoms with Gasteiger partial charge in [-0.15, -0.1) is 0 Å². The quantitative estimate of drug-likeness (QED) is 0.122. The van der Waals surface area contributed by atoms with Gasteiger partial charge in [0.25, 0.3) is 5.91 Å². The minimum atomic E-state index is -0.509. The maximum atomic E-state index is 12.9. The van der Waals surface area contributed by atoms with Gasteiger partial charge in [-0.05, 0) is 36.2 Å². The number of carbonyl (C=O) groups excluding carboxylic acids is 3. The number of phenolic OH excluding ortho intramolecular Hbond substituents is 1. The molecule has 0 aliphatic rings. The molecule has 3 rings (SSSR count). The Morgan fingerprint density at radius 3 is 2.51 bits per heavy atom. The van der Waals surface area contributed by atoms with E-state index in [9.17, 15) is 19.5 Å². The molecule has 3 amide bonds. The van der Waals surface area contributed by atoms with Crippen molar-refractivity contribution < 1.29 is 28.7 Å². The van der Waals surface area contributed by atoms with Crippen molar-refractivity contribution in [2.24, 2.45) is 5.92 Å². The molecule has 0 spiro atoms. The molecule has 196 valence electrons. The van der Waals surface area contributed by atoms with Gasteiger partial charge in [-0.3, -0.25) is 19.2 Å². The molecule has 0 radical (unpaired) electrons. The Kier molecular flexibility index (Phi) is 10.7. The first-order valence-corrected chi connectivity index (χ1v) is 12.3. The molecule has 37 heavy (non-hydrogen) atoms. The lowest BCUT2D eigenvalue weighted by Gasteiger charge is -2.23. The minimum Gasteiger partial charge on any atom is -0.507 e. The summed E-state index contributed by atoms with van der Waals surface area (Å²) in [5.41, 5.74) is 1.38. The average molecular weight is 508 g/mol. The molecule has 1 aromatic heterocycles. The Morgan fingerprint density at radius 2 is 1.78 bits per heavy atom.